The fourth-order valence-electron chi connectivity index (χ4n) is 2.95. The number of ether oxygens (including phenoxy) is 1. The van der Waals surface area contributed by atoms with Crippen LogP contribution in [0.4, 0.5) is 0 Å². The molecule has 1 N–H and O–H groups in total. The van der Waals surface area contributed by atoms with Gasteiger partial charge in [-0.15, -0.1) is 11.3 Å². The normalized spacial score (nSPS) is 17.6. The van der Waals surface area contributed by atoms with Crippen LogP contribution >= 0.6 is 11.3 Å². The molecule has 1 aromatic heterocycles. The van der Waals surface area contributed by atoms with Crippen LogP contribution in [0.2, 0.25) is 0 Å². The molecular weight excluding hydrogens is 340 g/mol. The largest absolute Gasteiger partial charge is 0.480 e. The Hall–Kier alpha value is -2.25. The number of benzene rings is 1. The SMILES string of the molecule is Cc1ccc(-c2nc(C)c(C(=O)N3CCOC[C@@H]3C(=O)O)s2)c(C)c1. The summed E-state index contributed by atoms with van der Waals surface area (Å²) in [5.74, 6) is -1.34. The van der Waals surface area contributed by atoms with Crippen molar-refractivity contribution >= 4 is 23.2 Å². The molecule has 0 aliphatic carbocycles. The van der Waals surface area contributed by atoms with Gasteiger partial charge in [-0.3, -0.25) is 4.79 Å². The number of morpholine rings is 1. The topological polar surface area (TPSA) is 79.7 Å². The highest BCUT2D eigenvalue weighted by atomic mass is 32.1. The number of carboxylic acids is 1. The van der Waals surface area contributed by atoms with Crippen molar-refractivity contribution in [1.29, 1.82) is 0 Å². The van der Waals surface area contributed by atoms with E-state index in [0.717, 1.165) is 16.1 Å². The second kappa shape index (κ2) is 6.93. The number of nitrogens with zero attached hydrogens (tertiary/aromatic N) is 2. The first-order valence-electron chi connectivity index (χ1n) is 8.05. The number of carboxylic acid groups (broad SMARTS) is 1. The van der Waals surface area contributed by atoms with Crippen LogP contribution in [0.5, 0.6) is 0 Å². The van der Waals surface area contributed by atoms with Gasteiger partial charge in [-0.2, -0.15) is 0 Å². The van der Waals surface area contributed by atoms with Crippen LogP contribution in [0, 0.1) is 20.8 Å². The van der Waals surface area contributed by atoms with Crippen LogP contribution in [-0.2, 0) is 9.53 Å². The summed E-state index contributed by atoms with van der Waals surface area (Å²) in [5, 5.41) is 10.1. The molecule has 0 unspecified atom stereocenters. The molecule has 1 aromatic carbocycles. The zero-order chi connectivity index (χ0) is 18.1. The Morgan fingerprint density at radius 3 is 2.76 bits per heavy atom. The molecule has 1 aliphatic heterocycles. The van der Waals surface area contributed by atoms with E-state index in [0.29, 0.717) is 17.2 Å². The minimum Gasteiger partial charge on any atom is -0.480 e. The fraction of sp³-hybridized carbons (Fsp3) is 0.389. The van der Waals surface area contributed by atoms with Gasteiger partial charge in [0.2, 0.25) is 0 Å². The van der Waals surface area contributed by atoms with Crippen molar-refractivity contribution in [3.63, 3.8) is 0 Å². The number of rotatable bonds is 3. The van der Waals surface area contributed by atoms with Crippen molar-refractivity contribution in [2.24, 2.45) is 0 Å². The number of amides is 1. The lowest BCUT2D eigenvalue weighted by molar-refractivity contribution is -0.147. The van der Waals surface area contributed by atoms with Gasteiger partial charge in [0.1, 0.15) is 9.88 Å². The lowest BCUT2D eigenvalue weighted by Crippen LogP contribution is -2.52. The minimum absolute atomic E-state index is 0.0167. The Labute approximate surface area is 150 Å². The highest BCUT2D eigenvalue weighted by Crippen LogP contribution is 2.32. The van der Waals surface area contributed by atoms with E-state index in [2.05, 4.69) is 11.1 Å². The fourth-order valence-corrected chi connectivity index (χ4v) is 4.06. The number of hydrogen-bond acceptors (Lipinski definition) is 5. The molecule has 1 amide bonds. The summed E-state index contributed by atoms with van der Waals surface area (Å²) in [5.41, 5.74) is 3.89. The summed E-state index contributed by atoms with van der Waals surface area (Å²) < 4.78 is 5.20. The average molecular weight is 360 g/mol. The van der Waals surface area contributed by atoms with Gasteiger partial charge in [-0.05, 0) is 26.3 Å². The molecule has 132 valence electrons. The highest BCUT2D eigenvalue weighted by Gasteiger charge is 2.34. The van der Waals surface area contributed by atoms with Crippen molar-refractivity contribution in [2.75, 3.05) is 19.8 Å². The first-order chi connectivity index (χ1) is 11.9. The maximum Gasteiger partial charge on any atom is 0.328 e. The van der Waals surface area contributed by atoms with Gasteiger partial charge in [-0.1, -0.05) is 23.8 Å². The maximum absolute atomic E-state index is 12.9. The summed E-state index contributed by atoms with van der Waals surface area (Å²) in [6.07, 6.45) is 0. The van der Waals surface area contributed by atoms with E-state index in [4.69, 9.17) is 4.74 Å². The van der Waals surface area contributed by atoms with E-state index in [9.17, 15) is 14.7 Å². The molecule has 1 fully saturated rings. The third-order valence-electron chi connectivity index (χ3n) is 4.28. The van der Waals surface area contributed by atoms with Gasteiger partial charge in [0.05, 0.1) is 18.9 Å². The van der Waals surface area contributed by atoms with E-state index in [1.807, 2.05) is 26.0 Å². The first-order valence-corrected chi connectivity index (χ1v) is 8.86. The molecule has 6 nitrogen and oxygen atoms in total. The zero-order valence-corrected chi connectivity index (χ0v) is 15.2. The smallest absolute Gasteiger partial charge is 0.328 e. The molecule has 0 saturated carbocycles. The van der Waals surface area contributed by atoms with Crippen LogP contribution in [0.15, 0.2) is 18.2 Å². The monoisotopic (exact) mass is 360 g/mol. The van der Waals surface area contributed by atoms with Crippen molar-refractivity contribution in [3.8, 4) is 10.6 Å². The van der Waals surface area contributed by atoms with Crippen LogP contribution in [0.1, 0.15) is 26.5 Å². The van der Waals surface area contributed by atoms with Gasteiger partial charge in [-0.25, -0.2) is 9.78 Å². The predicted octanol–water partition coefficient (Wildman–Crippen LogP) is 2.66. The third-order valence-corrected chi connectivity index (χ3v) is 5.46. The van der Waals surface area contributed by atoms with Crippen LogP contribution < -0.4 is 0 Å². The molecule has 1 aliphatic rings. The molecule has 2 aromatic rings. The summed E-state index contributed by atoms with van der Waals surface area (Å²) in [4.78, 5) is 30.7. The van der Waals surface area contributed by atoms with E-state index in [1.165, 1.54) is 21.8 Å². The van der Waals surface area contributed by atoms with E-state index < -0.39 is 12.0 Å². The number of aliphatic carboxylic acids is 1. The quantitative estimate of drug-likeness (QED) is 0.910. The number of hydrogen-bond donors (Lipinski definition) is 1. The van der Waals surface area contributed by atoms with Gasteiger partial charge < -0.3 is 14.7 Å². The lowest BCUT2D eigenvalue weighted by Gasteiger charge is -2.32. The van der Waals surface area contributed by atoms with Crippen molar-refractivity contribution in [2.45, 2.75) is 26.8 Å². The standard InChI is InChI=1S/C18H20N2O4S/c1-10-4-5-13(11(2)8-10)16-19-12(3)15(25-16)17(21)20-6-7-24-9-14(20)18(22)23/h4-5,8,14H,6-7,9H2,1-3H3,(H,22,23)/t14-/m1/s1. The molecule has 25 heavy (non-hydrogen) atoms. The van der Waals surface area contributed by atoms with Gasteiger partial charge in [0.25, 0.3) is 5.91 Å². The molecular formula is C18H20N2O4S. The minimum atomic E-state index is -1.05. The molecule has 0 spiro atoms. The Balaban J connectivity index is 1.94. The molecule has 1 atom stereocenters. The number of aromatic nitrogens is 1. The Kier molecular flexibility index (Phi) is 4.87. The van der Waals surface area contributed by atoms with Crippen molar-refractivity contribution in [3.05, 3.63) is 39.9 Å². The predicted molar refractivity (Wildman–Crippen MR) is 95.0 cm³/mol. The molecule has 1 saturated heterocycles. The average Bonchev–Trinajstić information content (AvgIpc) is 2.95. The molecule has 3 rings (SSSR count). The van der Waals surface area contributed by atoms with E-state index in [-0.39, 0.29) is 19.1 Å². The molecule has 7 heteroatoms. The van der Waals surface area contributed by atoms with Gasteiger partial charge in [0, 0.05) is 12.1 Å². The number of carbonyl (C=O) groups is 2. The summed E-state index contributed by atoms with van der Waals surface area (Å²) in [6.45, 7) is 6.46. The van der Waals surface area contributed by atoms with Gasteiger partial charge in [0.15, 0.2) is 6.04 Å². The van der Waals surface area contributed by atoms with E-state index >= 15 is 0 Å². The summed E-state index contributed by atoms with van der Waals surface area (Å²) >= 11 is 1.31. The maximum atomic E-state index is 12.9. The van der Waals surface area contributed by atoms with Crippen molar-refractivity contribution in [1.82, 2.24) is 9.88 Å². The Bertz CT molecular complexity index is 830. The number of thiazole rings is 1. The van der Waals surface area contributed by atoms with E-state index in [1.54, 1.807) is 6.92 Å². The molecule has 0 radical (unpaired) electrons. The number of aryl methyl sites for hydroxylation is 3. The van der Waals surface area contributed by atoms with Crippen molar-refractivity contribution < 1.29 is 19.4 Å². The molecule has 2 heterocycles. The first kappa shape index (κ1) is 17.6. The van der Waals surface area contributed by atoms with Crippen LogP contribution in [0.3, 0.4) is 0 Å². The summed E-state index contributed by atoms with van der Waals surface area (Å²) in [7, 11) is 0. The zero-order valence-electron chi connectivity index (χ0n) is 14.4. The lowest BCUT2D eigenvalue weighted by atomic mass is 10.1. The third kappa shape index (κ3) is 3.43. The van der Waals surface area contributed by atoms with Gasteiger partial charge >= 0.3 is 5.97 Å². The highest BCUT2D eigenvalue weighted by molar-refractivity contribution is 7.17. The second-order valence-corrected chi connectivity index (χ2v) is 7.18. The van der Waals surface area contributed by atoms with Crippen LogP contribution in [0.25, 0.3) is 10.6 Å². The Morgan fingerprint density at radius 1 is 1.32 bits per heavy atom. The van der Waals surface area contributed by atoms with Crippen LogP contribution in [-0.4, -0.2) is 52.7 Å². The Morgan fingerprint density at radius 2 is 2.08 bits per heavy atom. The molecule has 0 bridgehead atoms. The number of carbonyl (C=O) groups excluding carboxylic acids is 1. The summed E-state index contributed by atoms with van der Waals surface area (Å²) in [6, 6.07) is 5.15. The second-order valence-electron chi connectivity index (χ2n) is 6.18.